The molecule has 1 aromatic carbocycles. The molecule has 0 atom stereocenters. The van der Waals surface area contributed by atoms with Crippen molar-refractivity contribution in [3.63, 3.8) is 0 Å². The molecule has 24 heavy (non-hydrogen) atoms. The highest BCUT2D eigenvalue weighted by molar-refractivity contribution is 6.30. The van der Waals surface area contributed by atoms with E-state index in [9.17, 15) is 4.79 Å². The van der Waals surface area contributed by atoms with Crippen molar-refractivity contribution < 1.29 is 18.7 Å². The number of fused-ring (bicyclic) bond motifs is 1. The molecule has 8 heteroatoms. The van der Waals surface area contributed by atoms with Crippen molar-refractivity contribution in [3.8, 4) is 5.75 Å². The van der Waals surface area contributed by atoms with Crippen LogP contribution in [0.1, 0.15) is 16.1 Å². The van der Waals surface area contributed by atoms with E-state index in [0.717, 1.165) is 5.69 Å². The Morgan fingerprint density at radius 2 is 2.17 bits per heavy atom. The van der Waals surface area contributed by atoms with Gasteiger partial charge in [0.05, 0.1) is 32.0 Å². The zero-order valence-electron chi connectivity index (χ0n) is 13.0. The quantitative estimate of drug-likeness (QED) is 0.708. The first kappa shape index (κ1) is 16.1. The number of carbonyl (C=O) groups is 1. The summed E-state index contributed by atoms with van der Waals surface area (Å²) in [7, 11) is 2.80. The van der Waals surface area contributed by atoms with E-state index in [4.69, 9.17) is 25.5 Å². The molecule has 0 radical (unpaired) electrons. The number of hydrogen-bond donors (Lipinski definition) is 1. The van der Waals surface area contributed by atoms with Gasteiger partial charge in [0.25, 0.3) is 6.01 Å². The summed E-state index contributed by atoms with van der Waals surface area (Å²) < 4.78 is 15.6. The number of esters is 1. The summed E-state index contributed by atoms with van der Waals surface area (Å²) in [6.45, 7) is 0.388. The first-order chi connectivity index (χ1) is 11.6. The molecule has 1 N–H and O–H groups in total. The lowest BCUT2D eigenvalue weighted by Gasteiger charge is -2.03. The fourth-order valence-corrected chi connectivity index (χ4v) is 2.36. The minimum absolute atomic E-state index is 0.284. The molecule has 7 nitrogen and oxygen atoms in total. The topological polar surface area (TPSA) is 86.5 Å². The maximum Gasteiger partial charge on any atom is 0.338 e. The smallest absolute Gasteiger partial charge is 0.338 e. The van der Waals surface area contributed by atoms with Gasteiger partial charge in [0.1, 0.15) is 5.52 Å². The lowest BCUT2D eigenvalue weighted by atomic mass is 10.2. The Kier molecular flexibility index (Phi) is 4.52. The molecular formula is C16H14ClN3O4. The van der Waals surface area contributed by atoms with Gasteiger partial charge in [-0.05, 0) is 24.3 Å². The number of aromatic nitrogens is 2. The Labute approximate surface area is 142 Å². The van der Waals surface area contributed by atoms with Crippen LogP contribution in [-0.2, 0) is 11.3 Å². The summed E-state index contributed by atoms with van der Waals surface area (Å²) in [5.74, 6) is -0.0785. The predicted molar refractivity (Wildman–Crippen MR) is 88.5 cm³/mol. The number of hydrogen-bond acceptors (Lipinski definition) is 7. The van der Waals surface area contributed by atoms with E-state index in [1.807, 2.05) is 0 Å². The number of methoxy groups -OCH3 is 2. The number of ether oxygens (including phenoxy) is 2. The first-order valence-electron chi connectivity index (χ1n) is 7.02. The number of anilines is 1. The summed E-state index contributed by atoms with van der Waals surface area (Å²) in [4.78, 5) is 20.2. The fraction of sp³-hybridized carbons (Fsp3) is 0.188. The number of nitrogens with zero attached hydrogens (tertiary/aromatic N) is 2. The highest BCUT2D eigenvalue weighted by Crippen LogP contribution is 2.30. The molecular weight excluding hydrogens is 334 g/mol. The number of pyridine rings is 1. The fourth-order valence-electron chi connectivity index (χ4n) is 2.18. The summed E-state index contributed by atoms with van der Waals surface area (Å²) in [6.07, 6.45) is 1.62. The Hall–Kier alpha value is -2.80. The summed E-state index contributed by atoms with van der Waals surface area (Å²) in [5.41, 5.74) is 1.99. The number of benzene rings is 1. The van der Waals surface area contributed by atoms with Gasteiger partial charge in [0.2, 0.25) is 0 Å². The number of halogens is 1. The highest BCUT2D eigenvalue weighted by atomic mass is 35.5. The van der Waals surface area contributed by atoms with Crippen LogP contribution in [-0.4, -0.2) is 30.2 Å². The maximum atomic E-state index is 11.7. The predicted octanol–water partition coefficient (Wildman–Crippen LogP) is 3.28. The third kappa shape index (κ3) is 3.26. The lowest BCUT2D eigenvalue weighted by molar-refractivity contribution is 0.0600. The summed E-state index contributed by atoms with van der Waals surface area (Å²) in [5, 5.41) is 3.62. The largest absolute Gasteiger partial charge is 0.493 e. The standard InChI is InChI=1S/C16H14ClN3O4/c1-22-13-6-9(15(21)23-2)5-12-14(13)24-16(20-12)19-8-11-7-10(17)3-4-18-11/h3-7H,8H2,1-2H3,(H,19,20). The molecule has 3 aromatic rings. The van der Waals surface area contributed by atoms with Crippen LogP contribution in [0, 0.1) is 0 Å². The van der Waals surface area contributed by atoms with Crippen LogP contribution in [0.25, 0.3) is 11.1 Å². The van der Waals surface area contributed by atoms with Gasteiger partial charge in [-0.15, -0.1) is 0 Å². The summed E-state index contributed by atoms with van der Waals surface area (Å²) >= 11 is 5.92. The van der Waals surface area contributed by atoms with E-state index in [0.29, 0.717) is 34.0 Å². The van der Waals surface area contributed by atoms with Gasteiger partial charge in [0, 0.05) is 11.2 Å². The van der Waals surface area contributed by atoms with E-state index >= 15 is 0 Å². The summed E-state index contributed by atoms with van der Waals surface area (Å²) in [6, 6.07) is 6.85. The van der Waals surface area contributed by atoms with Gasteiger partial charge in [-0.25, -0.2) is 4.79 Å². The Bertz CT molecular complexity index is 894. The molecule has 0 aliphatic carbocycles. The van der Waals surface area contributed by atoms with Crippen LogP contribution >= 0.6 is 11.6 Å². The monoisotopic (exact) mass is 347 g/mol. The van der Waals surface area contributed by atoms with Crippen LogP contribution in [0.3, 0.4) is 0 Å². The van der Waals surface area contributed by atoms with Crippen LogP contribution in [0.2, 0.25) is 5.02 Å². The zero-order chi connectivity index (χ0) is 17.1. The number of nitrogens with one attached hydrogen (secondary N) is 1. The molecule has 0 spiro atoms. The van der Waals surface area contributed by atoms with Crippen molar-refractivity contribution in [2.75, 3.05) is 19.5 Å². The van der Waals surface area contributed by atoms with Crippen molar-refractivity contribution in [2.24, 2.45) is 0 Å². The zero-order valence-corrected chi connectivity index (χ0v) is 13.8. The SMILES string of the molecule is COC(=O)c1cc(OC)c2oc(NCc3cc(Cl)ccn3)nc2c1. The molecule has 0 aliphatic heterocycles. The molecule has 2 aromatic heterocycles. The van der Waals surface area contributed by atoms with Crippen molar-refractivity contribution >= 4 is 34.7 Å². The molecule has 3 rings (SSSR count). The molecule has 0 aliphatic rings. The van der Waals surface area contributed by atoms with Crippen LogP contribution < -0.4 is 10.1 Å². The van der Waals surface area contributed by atoms with E-state index < -0.39 is 5.97 Å². The minimum atomic E-state index is -0.476. The van der Waals surface area contributed by atoms with Crippen LogP contribution in [0.15, 0.2) is 34.9 Å². The Morgan fingerprint density at radius 1 is 1.33 bits per heavy atom. The van der Waals surface area contributed by atoms with E-state index in [2.05, 4.69) is 15.3 Å². The molecule has 0 saturated heterocycles. The molecule has 0 amide bonds. The van der Waals surface area contributed by atoms with Gasteiger partial charge in [-0.2, -0.15) is 4.98 Å². The van der Waals surface area contributed by atoms with Crippen LogP contribution in [0.4, 0.5) is 6.01 Å². The molecule has 0 bridgehead atoms. The van der Waals surface area contributed by atoms with Crippen molar-refractivity contribution in [3.05, 3.63) is 46.7 Å². The Balaban J connectivity index is 1.88. The molecule has 2 heterocycles. The second-order valence-electron chi connectivity index (χ2n) is 4.86. The molecule has 0 unspecified atom stereocenters. The molecule has 124 valence electrons. The number of carbonyl (C=O) groups excluding carboxylic acids is 1. The van der Waals surface area contributed by atoms with Gasteiger partial charge < -0.3 is 19.2 Å². The second kappa shape index (κ2) is 6.76. The Morgan fingerprint density at radius 3 is 2.88 bits per heavy atom. The van der Waals surface area contributed by atoms with Crippen molar-refractivity contribution in [1.82, 2.24) is 9.97 Å². The van der Waals surface area contributed by atoms with E-state index in [1.54, 1.807) is 30.5 Å². The second-order valence-corrected chi connectivity index (χ2v) is 5.29. The van der Waals surface area contributed by atoms with Gasteiger partial charge in [-0.3, -0.25) is 4.98 Å². The van der Waals surface area contributed by atoms with Gasteiger partial charge in [0.15, 0.2) is 11.3 Å². The molecule has 0 saturated carbocycles. The van der Waals surface area contributed by atoms with Crippen LogP contribution in [0.5, 0.6) is 5.75 Å². The average molecular weight is 348 g/mol. The lowest BCUT2D eigenvalue weighted by Crippen LogP contribution is -2.01. The first-order valence-corrected chi connectivity index (χ1v) is 7.39. The number of oxazole rings is 1. The third-order valence-corrected chi connectivity index (χ3v) is 3.53. The van der Waals surface area contributed by atoms with Gasteiger partial charge >= 0.3 is 5.97 Å². The molecule has 0 fully saturated rings. The highest BCUT2D eigenvalue weighted by Gasteiger charge is 2.16. The normalized spacial score (nSPS) is 10.6. The maximum absolute atomic E-state index is 11.7. The average Bonchev–Trinajstić information content (AvgIpc) is 3.01. The van der Waals surface area contributed by atoms with E-state index in [-0.39, 0.29) is 6.01 Å². The number of rotatable bonds is 5. The van der Waals surface area contributed by atoms with Gasteiger partial charge in [-0.1, -0.05) is 11.6 Å². The third-order valence-electron chi connectivity index (χ3n) is 3.30. The van der Waals surface area contributed by atoms with E-state index in [1.165, 1.54) is 14.2 Å². The van der Waals surface area contributed by atoms with Crippen molar-refractivity contribution in [2.45, 2.75) is 6.54 Å². The van der Waals surface area contributed by atoms with Crippen molar-refractivity contribution in [1.29, 1.82) is 0 Å². The minimum Gasteiger partial charge on any atom is -0.493 e.